The number of halogens is 1. The fraction of sp³-hybridized carbons (Fsp3) is 0.348. The van der Waals surface area contributed by atoms with Gasteiger partial charge in [0.05, 0.1) is 22.4 Å². The predicted octanol–water partition coefficient (Wildman–Crippen LogP) is 2.99. The van der Waals surface area contributed by atoms with E-state index in [4.69, 9.17) is 11.6 Å². The summed E-state index contributed by atoms with van der Waals surface area (Å²) >= 11 is 5.94. The van der Waals surface area contributed by atoms with Gasteiger partial charge in [-0.2, -0.15) is 0 Å². The number of anilines is 2. The Hall–Kier alpha value is -3.30. The van der Waals surface area contributed by atoms with Crippen LogP contribution in [0.1, 0.15) is 24.0 Å². The second kappa shape index (κ2) is 6.61. The topological polar surface area (TPSA) is 113 Å². The van der Waals surface area contributed by atoms with Crippen LogP contribution in [0.2, 0.25) is 5.02 Å². The van der Waals surface area contributed by atoms with Crippen LogP contribution in [0, 0.1) is 28.9 Å². The predicted molar refractivity (Wildman–Crippen MR) is 119 cm³/mol. The van der Waals surface area contributed by atoms with Gasteiger partial charge in [-0.05, 0) is 44.0 Å². The fourth-order valence-electron chi connectivity index (χ4n) is 6.41. The second-order valence-electron chi connectivity index (χ2n) is 9.03. The van der Waals surface area contributed by atoms with Crippen molar-refractivity contribution in [1.82, 2.24) is 4.90 Å². The molecule has 0 bridgehead atoms. The molecule has 168 valence electrons. The van der Waals surface area contributed by atoms with Crippen molar-refractivity contribution in [3.8, 4) is 0 Å². The van der Waals surface area contributed by atoms with E-state index in [-0.39, 0.29) is 28.3 Å². The number of aryl methyl sites for hydroxylation is 1. The number of carbonyl (C=O) groups excluding carboxylic acids is 3. The molecule has 33 heavy (non-hydrogen) atoms. The average molecular weight is 467 g/mol. The zero-order chi connectivity index (χ0) is 23.2. The third kappa shape index (κ3) is 2.33. The Labute approximate surface area is 193 Å². The number of para-hydroxylation sites is 1. The van der Waals surface area contributed by atoms with Crippen molar-refractivity contribution in [3.63, 3.8) is 0 Å². The van der Waals surface area contributed by atoms with Gasteiger partial charge >= 0.3 is 0 Å². The van der Waals surface area contributed by atoms with Crippen molar-refractivity contribution in [2.75, 3.05) is 16.8 Å². The third-order valence-electron chi connectivity index (χ3n) is 7.62. The molecule has 9 nitrogen and oxygen atoms in total. The van der Waals surface area contributed by atoms with Crippen LogP contribution in [0.5, 0.6) is 0 Å². The molecule has 2 aromatic rings. The lowest BCUT2D eigenvalue weighted by molar-refractivity contribution is -0.384. The van der Waals surface area contributed by atoms with Crippen molar-refractivity contribution in [1.29, 1.82) is 0 Å². The highest BCUT2D eigenvalue weighted by atomic mass is 35.5. The van der Waals surface area contributed by atoms with Gasteiger partial charge in [0.2, 0.25) is 17.7 Å². The number of carbonyl (C=O) groups is 3. The third-order valence-corrected chi connectivity index (χ3v) is 7.94. The molecule has 4 heterocycles. The minimum Gasteiger partial charge on any atom is -0.324 e. The maximum absolute atomic E-state index is 13.9. The monoisotopic (exact) mass is 466 g/mol. The lowest BCUT2D eigenvalue weighted by atomic mass is 9.75. The van der Waals surface area contributed by atoms with Crippen LogP contribution in [0.25, 0.3) is 0 Å². The number of fused-ring (bicyclic) bond motifs is 7. The lowest BCUT2D eigenvalue weighted by Gasteiger charge is -2.36. The Balaban J connectivity index is 1.54. The first-order chi connectivity index (χ1) is 15.8. The smallest absolute Gasteiger partial charge is 0.289 e. The summed E-state index contributed by atoms with van der Waals surface area (Å²) in [5.41, 5.74) is 0.736. The van der Waals surface area contributed by atoms with Crippen molar-refractivity contribution < 1.29 is 19.3 Å². The van der Waals surface area contributed by atoms with E-state index in [1.165, 1.54) is 12.1 Å². The highest BCUT2D eigenvalue weighted by molar-refractivity contribution is 6.33. The van der Waals surface area contributed by atoms with Crippen molar-refractivity contribution in [3.05, 3.63) is 62.7 Å². The number of rotatable bonds is 2. The number of nitro groups is 1. The molecule has 3 amide bonds. The van der Waals surface area contributed by atoms with E-state index < -0.39 is 34.1 Å². The fourth-order valence-corrected chi connectivity index (χ4v) is 6.60. The molecule has 0 saturated carbocycles. The molecule has 1 spiro atoms. The Morgan fingerprint density at radius 3 is 2.73 bits per heavy atom. The zero-order valence-corrected chi connectivity index (χ0v) is 18.3. The Bertz CT molecular complexity index is 1300. The number of imide groups is 1. The normalized spacial score (nSPS) is 30.1. The van der Waals surface area contributed by atoms with Crippen LogP contribution in [-0.2, 0) is 19.9 Å². The molecule has 0 radical (unpaired) electrons. The van der Waals surface area contributed by atoms with Gasteiger partial charge < -0.3 is 5.32 Å². The summed E-state index contributed by atoms with van der Waals surface area (Å²) in [4.78, 5) is 55.0. The summed E-state index contributed by atoms with van der Waals surface area (Å²) in [6.07, 6.45) is 1.52. The number of amides is 3. The molecule has 1 N–H and O–H groups in total. The quantitative estimate of drug-likeness (QED) is 0.413. The largest absolute Gasteiger partial charge is 0.324 e. The number of hydrogen-bond donors (Lipinski definition) is 1. The van der Waals surface area contributed by atoms with Gasteiger partial charge in [-0.3, -0.25) is 29.4 Å². The number of benzene rings is 2. The van der Waals surface area contributed by atoms with Crippen LogP contribution in [0.3, 0.4) is 0 Å². The molecule has 0 aromatic heterocycles. The first-order valence-corrected chi connectivity index (χ1v) is 11.2. The minimum atomic E-state index is -1.27. The average Bonchev–Trinajstić information content (AvgIpc) is 3.48. The SMILES string of the molecule is Cc1cccc2c1NC(=O)[C@]21[C@@H]2C(=O)N(c3ccc(Cl)c([N+](=O)[O-])c3)C(=O)[C@@H]2[C@H]2CCCN21. The van der Waals surface area contributed by atoms with E-state index in [0.717, 1.165) is 28.5 Å². The molecule has 4 atom stereocenters. The summed E-state index contributed by atoms with van der Waals surface area (Å²) in [7, 11) is 0. The molecular weight excluding hydrogens is 448 g/mol. The first-order valence-electron chi connectivity index (χ1n) is 10.8. The van der Waals surface area contributed by atoms with Crippen LogP contribution in [0.15, 0.2) is 36.4 Å². The minimum absolute atomic E-state index is 0.0824. The molecule has 0 unspecified atom stereocenters. The van der Waals surface area contributed by atoms with Crippen molar-refractivity contribution in [2.45, 2.75) is 31.3 Å². The van der Waals surface area contributed by atoms with E-state index in [9.17, 15) is 24.5 Å². The van der Waals surface area contributed by atoms with Gasteiger partial charge in [0.15, 0.2) is 0 Å². The van der Waals surface area contributed by atoms with Gasteiger partial charge in [-0.15, -0.1) is 0 Å². The van der Waals surface area contributed by atoms with E-state index in [1.807, 2.05) is 30.0 Å². The second-order valence-corrected chi connectivity index (χ2v) is 9.44. The standard InChI is InChI=1S/C23H19ClN4O5/c1-11-4-2-5-13-19(11)25-22(31)23(13)18-17(15-6-3-9-26(15)23)20(29)27(21(18)30)12-7-8-14(24)16(10-12)28(32)33/h2,4-5,7-8,10,15,17-18H,3,6,9H2,1H3,(H,25,31)/t15-,17-,18+,23-/m1/s1. The van der Waals surface area contributed by atoms with E-state index in [2.05, 4.69) is 5.32 Å². The van der Waals surface area contributed by atoms with Gasteiger partial charge in [0, 0.05) is 23.4 Å². The van der Waals surface area contributed by atoms with Gasteiger partial charge in [0.1, 0.15) is 10.6 Å². The Morgan fingerprint density at radius 2 is 1.97 bits per heavy atom. The van der Waals surface area contributed by atoms with Crippen LogP contribution in [0.4, 0.5) is 17.1 Å². The lowest BCUT2D eigenvalue weighted by Crippen LogP contribution is -2.54. The summed E-state index contributed by atoms with van der Waals surface area (Å²) in [6.45, 7) is 2.51. The van der Waals surface area contributed by atoms with Crippen molar-refractivity contribution in [2.24, 2.45) is 11.8 Å². The van der Waals surface area contributed by atoms with E-state index in [1.54, 1.807) is 0 Å². The number of nitrogens with zero attached hydrogens (tertiary/aromatic N) is 3. The summed E-state index contributed by atoms with van der Waals surface area (Å²) in [5, 5.41) is 14.3. The summed E-state index contributed by atoms with van der Waals surface area (Å²) in [5.74, 6) is -2.85. The molecule has 4 aliphatic heterocycles. The molecule has 3 fully saturated rings. The molecule has 3 saturated heterocycles. The van der Waals surface area contributed by atoms with E-state index in [0.29, 0.717) is 18.7 Å². The van der Waals surface area contributed by atoms with Crippen molar-refractivity contribution >= 4 is 46.4 Å². The summed E-state index contributed by atoms with van der Waals surface area (Å²) < 4.78 is 0. The van der Waals surface area contributed by atoms with E-state index >= 15 is 0 Å². The number of nitro benzene ring substituents is 1. The maximum atomic E-state index is 13.9. The summed E-state index contributed by atoms with van der Waals surface area (Å²) in [6, 6.07) is 9.23. The van der Waals surface area contributed by atoms with Crippen LogP contribution >= 0.6 is 11.6 Å². The number of hydrogen-bond acceptors (Lipinski definition) is 6. The molecular formula is C23H19ClN4O5. The highest BCUT2D eigenvalue weighted by Crippen LogP contribution is 2.61. The van der Waals surface area contributed by atoms with Gasteiger partial charge in [0.25, 0.3) is 5.69 Å². The molecule has 2 aromatic carbocycles. The Kier molecular flexibility index (Phi) is 4.07. The van der Waals surface area contributed by atoms with Gasteiger partial charge in [-0.1, -0.05) is 29.8 Å². The van der Waals surface area contributed by atoms with Crippen LogP contribution < -0.4 is 10.2 Å². The first kappa shape index (κ1) is 20.3. The number of nitrogens with one attached hydrogen (secondary N) is 1. The molecule has 4 aliphatic rings. The molecule has 0 aliphatic carbocycles. The highest BCUT2D eigenvalue weighted by Gasteiger charge is 2.74. The van der Waals surface area contributed by atoms with Gasteiger partial charge in [-0.25, -0.2) is 4.90 Å². The van der Waals surface area contributed by atoms with Crippen LogP contribution in [-0.4, -0.2) is 40.1 Å². The maximum Gasteiger partial charge on any atom is 0.289 e. The molecule has 10 heteroatoms. The Morgan fingerprint density at radius 1 is 1.18 bits per heavy atom. The zero-order valence-electron chi connectivity index (χ0n) is 17.6. The molecule has 6 rings (SSSR count).